The van der Waals surface area contributed by atoms with Crippen molar-refractivity contribution >= 4 is 39.4 Å². The maximum atomic E-state index is 12.4. The van der Waals surface area contributed by atoms with Crippen molar-refractivity contribution in [1.29, 1.82) is 0 Å². The quantitative estimate of drug-likeness (QED) is 0.433. The van der Waals surface area contributed by atoms with Crippen LogP contribution in [-0.4, -0.2) is 28.3 Å². The fourth-order valence-electron chi connectivity index (χ4n) is 2.73. The number of benzene rings is 2. The van der Waals surface area contributed by atoms with Gasteiger partial charge in [-0.25, -0.2) is 9.78 Å². The molecule has 2 aromatic carbocycles. The van der Waals surface area contributed by atoms with E-state index in [1.54, 1.807) is 13.2 Å². The van der Waals surface area contributed by atoms with E-state index >= 15 is 0 Å². The molecule has 0 unspecified atom stereocenters. The third kappa shape index (κ3) is 2.95. The zero-order valence-electron chi connectivity index (χ0n) is 13.8. The maximum Gasteiger partial charge on any atom is 0.359 e. The molecule has 0 saturated carbocycles. The van der Waals surface area contributed by atoms with Gasteiger partial charge in [0.2, 0.25) is 0 Å². The summed E-state index contributed by atoms with van der Waals surface area (Å²) in [6, 6.07) is 14.7. The number of fused-ring (bicyclic) bond motifs is 2. The molecule has 1 N–H and O–H groups in total. The van der Waals surface area contributed by atoms with Crippen LogP contribution in [-0.2, 0) is 11.3 Å². The lowest BCUT2D eigenvalue weighted by atomic mass is 10.1. The van der Waals surface area contributed by atoms with Gasteiger partial charge in [0.25, 0.3) is 0 Å². The van der Waals surface area contributed by atoms with E-state index in [4.69, 9.17) is 21.1 Å². The number of nitrogens with one attached hydrogen (secondary N) is 1. The van der Waals surface area contributed by atoms with Gasteiger partial charge in [0.15, 0.2) is 5.69 Å². The number of aromatic nitrogens is 3. The number of methoxy groups -OCH3 is 1. The average molecular weight is 368 g/mol. The van der Waals surface area contributed by atoms with Crippen molar-refractivity contribution in [3.63, 3.8) is 0 Å². The van der Waals surface area contributed by atoms with Gasteiger partial charge in [-0.05, 0) is 24.3 Å². The Balaban J connectivity index is 1.57. The molecular formula is C19H14ClN3O3. The molecule has 6 nitrogen and oxygen atoms in total. The number of carbonyl (C=O) groups is 1. The topological polar surface area (TPSA) is 77.1 Å². The molecule has 2 heterocycles. The standard InChI is InChI=1S/C19H14ClN3O3/c1-25-13-7-6-11-8-12(18(20)21-16(11)9-13)10-26-19(24)17-14-4-2-3-5-15(14)22-23-17/h2-9H,10H2,1H3,(H,22,23). The first-order valence-corrected chi connectivity index (χ1v) is 8.27. The number of ether oxygens (including phenoxy) is 2. The molecule has 0 radical (unpaired) electrons. The Labute approximate surface area is 153 Å². The van der Waals surface area contributed by atoms with E-state index in [1.807, 2.05) is 42.5 Å². The molecule has 0 aliphatic rings. The highest BCUT2D eigenvalue weighted by atomic mass is 35.5. The summed E-state index contributed by atoms with van der Waals surface area (Å²) in [6.45, 7) is 0.00776. The van der Waals surface area contributed by atoms with Crippen molar-refractivity contribution in [3.8, 4) is 5.75 Å². The van der Waals surface area contributed by atoms with Gasteiger partial charge in [0.05, 0.1) is 18.1 Å². The minimum absolute atomic E-state index is 0.00776. The molecule has 2 aromatic heterocycles. The van der Waals surface area contributed by atoms with E-state index < -0.39 is 5.97 Å². The number of hydrogen-bond acceptors (Lipinski definition) is 5. The molecule has 0 aliphatic carbocycles. The van der Waals surface area contributed by atoms with E-state index in [1.165, 1.54) is 0 Å². The van der Waals surface area contributed by atoms with E-state index in [9.17, 15) is 4.79 Å². The number of halogens is 1. The van der Waals surface area contributed by atoms with Crippen molar-refractivity contribution in [2.45, 2.75) is 6.61 Å². The average Bonchev–Trinajstić information content (AvgIpc) is 3.10. The summed E-state index contributed by atoms with van der Waals surface area (Å²) in [6.07, 6.45) is 0. The van der Waals surface area contributed by atoms with Crippen molar-refractivity contribution in [2.75, 3.05) is 7.11 Å². The number of aromatic amines is 1. The van der Waals surface area contributed by atoms with E-state index in [2.05, 4.69) is 15.2 Å². The third-order valence-electron chi connectivity index (χ3n) is 4.07. The molecule has 7 heteroatoms. The first kappa shape index (κ1) is 16.4. The first-order chi connectivity index (χ1) is 12.7. The number of para-hydroxylation sites is 1. The van der Waals surface area contributed by atoms with Crippen molar-refractivity contribution in [1.82, 2.24) is 15.2 Å². The number of hydrogen-bond donors (Lipinski definition) is 1. The molecule has 0 bridgehead atoms. The Bertz CT molecular complexity index is 1120. The minimum Gasteiger partial charge on any atom is -0.497 e. The fourth-order valence-corrected chi connectivity index (χ4v) is 2.93. The highest BCUT2D eigenvalue weighted by molar-refractivity contribution is 6.30. The molecule has 4 rings (SSSR count). The molecule has 0 fully saturated rings. The summed E-state index contributed by atoms with van der Waals surface area (Å²) in [5.74, 6) is 0.180. The molecular weight excluding hydrogens is 354 g/mol. The fraction of sp³-hybridized carbons (Fsp3) is 0.105. The summed E-state index contributed by atoms with van der Waals surface area (Å²) in [7, 11) is 1.59. The number of nitrogens with zero attached hydrogens (tertiary/aromatic N) is 2. The number of pyridine rings is 1. The monoisotopic (exact) mass is 367 g/mol. The Morgan fingerprint density at radius 2 is 2.04 bits per heavy atom. The smallest absolute Gasteiger partial charge is 0.359 e. The normalized spacial score (nSPS) is 11.0. The SMILES string of the molecule is COc1ccc2cc(COC(=O)c3n[nH]c4ccccc34)c(Cl)nc2c1. The van der Waals surface area contributed by atoms with Crippen LogP contribution in [0.2, 0.25) is 5.15 Å². The molecule has 0 amide bonds. The number of esters is 1. The van der Waals surface area contributed by atoms with Crippen LogP contribution in [0, 0.1) is 0 Å². The maximum absolute atomic E-state index is 12.4. The van der Waals surface area contributed by atoms with Crippen LogP contribution in [0.4, 0.5) is 0 Å². The van der Waals surface area contributed by atoms with Gasteiger partial charge in [0.1, 0.15) is 17.5 Å². The first-order valence-electron chi connectivity index (χ1n) is 7.89. The van der Waals surface area contributed by atoms with Gasteiger partial charge in [-0.3, -0.25) is 5.10 Å². The second-order valence-corrected chi connectivity index (χ2v) is 6.05. The lowest BCUT2D eigenvalue weighted by molar-refractivity contribution is 0.0468. The molecule has 4 aromatic rings. The third-order valence-corrected chi connectivity index (χ3v) is 4.40. The highest BCUT2D eigenvalue weighted by Crippen LogP contribution is 2.25. The summed E-state index contributed by atoms with van der Waals surface area (Å²) in [5.41, 5.74) is 2.36. The Morgan fingerprint density at radius 1 is 1.19 bits per heavy atom. The summed E-state index contributed by atoms with van der Waals surface area (Å²) in [4.78, 5) is 16.7. The van der Waals surface area contributed by atoms with Gasteiger partial charge in [-0.15, -0.1) is 0 Å². The molecule has 0 atom stereocenters. The largest absolute Gasteiger partial charge is 0.497 e. The molecule has 26 heavy (non-hydrogen) atoms. The summed E-state index contributed by atoms with van der Waals surface area (Å²) in [5, 5.41) is 8.73. The molecule has 130 valence electrons. The lowest BCUT2D eigenvalue weighted by Crippen LogP contribution is -2.07. The van der Waals surface area contributed by atoms with Crippen LogP contribution in [0.3, 0.4) is 0 Å². The van der Waals surface area contributed by atoms with E-state index in [0.717, 1.165) is 10.9 Å². The van der Waals surface area contributed by atoms with Crippen molar-refractivity contribution in [3.05, 3.63) is 64.9 Å². The van der Waals surface area contributed by atoms with Crippen LogP contribution < -0.4 is 4.74 Å². The predicted molar refractivity (Wildman–Crippen MR) is 98.5 cm³/mol. The van der Waals surface area contributed by atoms with Gasteiger partial charge >= 0.3 is 5.97 Å². The van der Waals surface area contributed by atoms with Gasteiger partial charge < -0.3 is 9.47 Å². The van der Waals surface area contributed by atoms with E-state index in [-0.39, 0.29) is 17.5 Å². The second kappa shape index (κ2) is 6.65. The van der Waals surface area contributed by atoms with Crippen LogP contribution in [0.1, 0.15) is 16.1 Å². The van der Waals surface area contributed by atoms with Crippen LogP contribution in [0.25, 0.3) is 21.8 Å². The lowest BCUT2D eigenvalue weighted by Gasteiger charge is -2.08. The number of carbonyl (C=O) groups excluding carboxylic acids is 1. The van der Waals surface area contributed by atoms with Gasteiger partial charge in [-0.2, -0.15) is 5.10 Å². The van der Waals surface area contributed by atoms with Crippen molar-refractivity contribution in [2.24, 2.45) is 0 Å². The zero-order valence-corrected chi connectivity index (χ0v) is 14.6. The van der Waals surface area contributed by atoms with Crippen molar-refractivity contribution < 1.29 is 14.3 Å². The van der Waals surface area contributed by atoms with Crippen LogP contribution in [0.5, 0.6) is 5.75 Å². The number of rotatable bonds is 4. The highest BCUT2D eigenvalue weighted by Gasteiger charge is 2.16. The number of H-pyrrole nitrogens is 1. The van der Waals surface area contributed by atoms with Crippen LogP contribution >= 0.6 is 11.6 Å². The Hall–Kier alpha value is -3.12. The molecule has 0 spiro atoms. The summed E-state index contributed by atoms with van der Waals surface area (Å²) < 4.78 is 10.6. The Morgan fingerprint density at radius 3 is 2.88 bits per heavy atom. The molecule has 0 saturated heterocycles. The summed E-state index contributed by atoms with van der Waals surface area (Å²) >= 11 is 6.24. The predicted octanol–water partition coefficient (Wildman–Crippen LogP) is 4.13. The van der Waals surface area contributed by atoms with Crippen LogP contribution in [0.15, 0.2) is 48.5 Å². The second-order valence-electron chi connectivity index (χ2n) is 5.69. The van der Waals surface area contributed by atoms with Gasteiger partial charge in [0, 0.05) is 22.4 Å². The molecule has 0 aliphatic heterocycles. The van der Waals surface area contributed by atoms with Gasteiger partial charge in [-0.1, -0.05) is 29.8 Å². The zero-order chi connectivity index (χ0) is 18.1. The van der Waals surface area contributed by atoms with E-state index in [0.29, 0.717) is 22.2 Å². The Kier molecular flexibility index (Phi) is 4.18. The minimum atomic E-state index is -0.520.